The summed E-state index contributed by atoms with van der Waals surface area (Å²) in [7, 11) is 0. The van der Waals surface area contributed by atoms with Gasteiger partial charge in [0.25, 0.3) is 0 Å². The van der Waals surface area contributed by atoms with Crippen molar-refractivity contribution < 1.29 is 68.8 Å². The molecule has 19 heteroatoms. The summed E-state index contributed by atoms with van der Waals surface area (Å²) in [5.41, 5.74) is 7.13. The highest BCUT2D eigenvalue weighted by Gasteiger charge is 2.52. The Balaban J connectivity index is 1.35. The molecule has 330 valence electrons. The van der Waals surface area contributed by atoms with E-state index in [1.807, 2.05) is 6.07 Å². The van der Waals surface area contributed by atoms with Crippen LogP contribution in [-0.2, 0) is 25.7 Å². The van der Waals surface area contributed by atoms with Gasteiger partial charge in [-0.05, 0) is 66.5 Å². The summed E-state index contributed by atoms with van der Waals surface area (Å²) in [6.45, 7) is -1.36. The number of fused-ring (bicyclic) bond motifs is 10. The first-order valence-corrected chi connectivity index (χ1v) is 20.7. The first-order chi connectivity index (χ1) is 30.4. The summed E-state index contributed by atoms with van der Waals surface area (Å²) in [4.78, 5) is 68.3. The number of aldehydes is 1. The number of carbonyl (C=O) groups excluding carboxylic acids is 4. The van der Waals surface area contributed by atoms with Gasteiger partial charge in [-0.15, -0.1) is 0 Å². The van der Waals surface area contributed by atoms with Crippen LogP contribution in [0.15, 0.2) is 63.5 Å². The molecule has 10 atom stereocenters. The maximum absolute atomic E-state index is 14.8. The smallest absolute Gasteiger partial charge is 0.302 e. The Labute approximate surface area is 359 Å². The molecule has 2 fully saturated rings. The highest BCUT2D eigenvalue weighted by molar-refractivity contribution is 6.72. The second-order valence-corrected chi connectivity index (χ2v) is 16.4. The number of amidine groups is 1. The molecule has 0 radical (unpaired) electrons. The zero-order valence-corrected chi connectivity index (χ0v) is 33.6. The van der Waals surface area contributed by atoms with Gasteiger partial charge in [0.1, 0.15) is 44.0 Å². The molecule has 0 aromatic heterocycles. The molecular weight excluding hydrogens is 823 g/mol. The number of hydrogen-bond donors (Lipinski definition) is 7. The van der Waals surface area contributed by atoms with E-state index in [0.29, 0.717) is 35.9 Å². The third kappa shape index (κ3) is 7.33. The number of aliphatic imine (C=N–C) groups is 3. The monoisotopic (exact) mass is 867 g/mol. The second kappa shape index (κ2) is 17.1. The Kier molecular flexibility index (Phi) is 11.5. The fourth-order valence-corrected chi connectivity index (χ4v) is 9.65. The van der Waals surface area contributed by atoms with Crippen molar-refractivity contribution in [3.05, 3.63) is 87.5 Å². The van der Waals surface area contributed by atoms with Gasteiger partial charge in [0.15, 0.2) is 34.6 Å². The minimum absolute atomic E-state index is 0.00901. The minimum Gasteiger partial charge on any atom is -0.486 e. The number of carbonyl (C=O) groups is 4. The van der Waals surface area contributed by atoms with Crippen LogP contribution < -0.4 is 20.1 Å². The number of nitrogens with zero attached hydrogens (tertiary/aromatic N) is 4. The molecule has 5 heterocycles. The SMILES string of the molecule is NC1=NC(=O)C2=NCN(c3ccccc3[C@@H]3c4cc5c(c(OC[C@H](O)CC=O)c4O[C@H]4O[C@H]([C@H](O)[C@@H](O)[C@@H]4O)[C@H]4CC[C@H](CCO)[C@H]3CO4)C(=O)c3cc(CO)ccc3C5=O)C2=N1. The molecule has 6 aliphatic rings. The van der Waals surface area contributed by atoms with Gasteiger partial charge in [0.2, 0.25) is 12.2 Å². The third-order valence-electron chi connectivity index (χ3n) is 12.7. The number of guanidine groups is 1. The summed E-state index contributed by atoms with van der Waals surface area (Å²) >= 11 is 0. The first kappa shape index (κ1) is 42.5. The van der Waals surface area contributed by atoms with E-state index in [9.17, 15) is 49.8 Å². The number of ether oxygens (including phenoxy) is 4. The lowest BCUT2D eigenvalue weighted by atomic mass is 9.70. The second-order valence-electron chi connectivity index (χ2n) is 16.4. The number of nitrogens with two attached hydrogens (primary N) is 1. The molecule has 8 N–H and O–H groups in total. The van der Waals surface area contributed by atoms with Crippen LogP contribution in [0.4, 0.5) is 5.69 Å². The molecule has 0 unspecified atom stereocenters. The molecule has 19 nitrogen and oxygen atoms in total. The Bertz CT molecular complexity index is 2470. The third-order valence-corrected chi connectivity index (χ3v) is 12.7. The lowest BCUT2D eigenvalue weighted by Gasteiger charge is -2.43. The van der Waals surface area contributed by atoms with Crippen LogP contribution in [0.5, 0.6) is 11.5 Å². The standard InChI is InChI=1S/C44H45N5O14/c45-44-47-41-32(42(59)48-44)46-18-49(41)28-4-2-1-3-23(28)30-26-14-25-31(34(55)24-13-19(15-52)5-7-22(24)33(25)54)40(61-16-21(53)10-12-51)38(26)62-43-37(58)35(56)36(57)39(63-43)29-8-6-20(9-11-50)27(30)17-60-29/h1-5,7,12-14,20-21,27,29-30,35-37,39,43,50,52-53,56-58H,6,8-11,15-18H2,(H2,45,48,59)/t20-,21-,27-,29-,30-,35-,36-,37+,39+,43+/m1/s1. The molecule has 63 heavy (non-hydrogen) atoms. The fourth-order valence-electron chi connectivity index (χ4n) is 9.65. The number of anilines is 1. The van der Waals surface area contributed by atoms with Crippen molar-refractivity contribution in [2.75, 3.05) is 31.4 Å². The minimum atomic E-state index is -1.89. The van der Waals surface area contributed by atoms with Gasteiger partial charge >= 0.3 is 5.91 Å². The number of para-hydroxylation sites is 1. The molecule has 1 aliphatic carbocycles. The number of ketones is 2. The first-order valence-electron chi connectivity index (χ1n) is 20.7. The highest BCUT2D eigenvalue weighted by Crippen LogP contribution is 2.53. The fraction of sp³-hybridized carbons (Fsp3) is 0.432. The predicted molar refractivity (Wildman–Crippen MR) is 220 cm³/mol. The van der Waals surface area contributed by atoms with Crippen LogP contribution in [0, 0.1) is 11.8 Å². The van der Waals surface area contributed by atoms with Gasteiger partial charge < -0.3 is 65.0 Å². The summed E-state index contributed by atoms with van der Waals surface area (Å²) < 4.78 is 25.9. The molecule has 1 amide bonds. The van der Waals surface area contributed by atoms with Crippen LogP contribution in [-0.4, -0.2) is 141 Å². The predicted octanol–water partition coefficient (Wildman–Crippen LogP) is -0.119. The summed E-state index contributed by atoms with van der Waals surface area (Å²) in [5, 5.41) is 65.6. The zero-order chi connectivity index (χ0) is 44.3. The molecule has 2 saturated heterocycles. The van der Waals surface area contributed by atoms with E-state index in [4.69, 9.17) is 24.7 Å². The van der Waals surface area contributed by atoms with Crippen LogP contribution in [0.2, 0.25) is 0 Å². The van der Waals surface area contributed by atoms with Crippen LogP contribution in [0.25, 0.3) is 0 Å². The highest BCUT2D eigenvalue weighted by atomic mass is 16.7. The van der Waals surface area contributed by atoms with Gasteiger partial charge in [-0.25, -0.2) is 0 Å². The topological polar surface area (TPSA) is 293 Å². The van der Waals surface area contributed by atoms with E-state index in [1.54, 1.807) is 23.1 Å². The van der Waals surface area contributed by atoms with Gasteiger partial charge in [0, 0.05) is 46.9 Å². The molecule has 9 rings (SSSR count). The summed E-state index contributed by atoms with van der Waals surface area (Å²) in [6.07, 6.45) is -9.47. The number of rotatable bonds is 10. The van der Waals surface area contributed by atoms with Crippen molar-refractivity contribution in [3.63, 3.8) is 0 Å². The lowest BCUT2D eigenvalue weighted by Crippen LogP contribution is -2.62. The van der Waals surface area contributed by atoms with Gasteiger partial charge in [0.05, 0.1) is 31.0 Å². The number of aliphatic hydroxyl groups is 6. The van der Waals surface area contributed by atoms with Crippen LogP contribution in [0.1, 0.15) is 80.1 Å². The van der Waals surface area contributed by atoms with E-state index in [0.717, 1.165) is 0 Å². The quantitative estimate of drug-likeness (QED) is 0.102. The van der Waals surface area contributed by atoms with Crippen molar-refractivity contribution in [1.82, 2.24) is 0 Å². The van der Waals surface area contributed by atoms with E-state index < -0.39 is 85.4 Å². The average molecular weight is 868 g/mol. The number of hydrogen-bond acceptors (Lipinski definition) is 18. The van der Waals surface area contributed by atoms with Gasteiger partial charge in [-0.1, -0.05) is 24.3 Å². The maximum atomic E-state index is 14.8. The van der Waals surface area contributed by atoms with Crippen LogP contribution in [0.3, 0.4) is 0 Å². The zero-order valence-electron chi connectivity index (χ0n) is 33.6. The Hall–Kier alpha value is -5.77. The Morgan fingerprint density at radius 3 is 2.52 bits per heavy atom. The molecule has 0 spiro atoms. The molecule has 0 saturated carbocycles. The van der Waals surface area contributed by atoms with Crippen molar-refractivity contribution >= 4 is 47.0 Å². The molecule has 5 aliphatic heterocycles. The molecule has 3 aromatic carbocycles. The van der Waals surface area contributed by atoms with Crippen LogP contribution >= 0.6 is 0 Å². The number of aliphatic hydroxyl groups excluding tert-OH is 6. The number of benzene rings is 3. The molecule has 4 bridgehead atoms. The van der Waals surface area contributed by atoms with Crippen molar-refractivity contribution in [2.24, 2.45) is 32.5 Å². The Morgan fingerprint density at radius 1 is 0.937 bits per heavy atom. The van der Waals surface area contributed by atoms with E-state index in [1.165, 1.54) is 24.3 Å². The van der Waals surface area contributed by atoms with E-state index in [-0.39, 0.29) is 95.5 Å². The van der Waals surface area contributed by atoms with Crippen molar-refractivity contribution in [1.29, 1.82) is 0 Å². The maximum Gasteiger partial charge on any atom is 0.302 e. The largest absolute Gasteiger partial charge is 0.486 e. The summed E-state index contributed by atoms with van der Waals surface area (Å²) in [6, 6.07) is 13.0. The lowest BCUT2D eigenvalue weighted by molar-refractivity contribution is -0.291. The van der Waals surface area contributed by atoms with Crippen molar-refractivity contribution in [3.8, 4) is 11.5 Å². The van der Waals surface area contributed by atoms with Gasteiger partial charge in [-0.3, -0.25) is 19.4 Å². The molecule has 3 aromatic rings. The van der Waals surface area contributed by atoms with Crippen molar-refractivity contribution in [2.45, 2.75) is 81.1 Å². The normalized spacial score (nSPS) is 29.1. The summed E-state index contributed by atoms with van der Waals surface area (Å²) in [5.74, 6) is -4.58. The van der Waals surface area contributed by atoms with E-state index >= 15 is 0 Å². The number of amides is 1. The van der Waals surface area contributed by atoms with Gasteiger partial charge in [-0.2, -0.15) is 9.98 Å². The average Bonchev–Trinajstić information content (AvgIpc) is 3.59. The Morgan fingerprint density at radius 2 is 1.75 bits per heavy atom. The van der Waals surface area contributed by atoms with E-state index in [2.05, 4.69) is 15.0 Å². The molecular formula is C44H45N5O14.